The zero-order chi connectivity index (χ0) is 16.7. The average molecular weight is 326 g/mol. The van der Waals surface area contributed by atoms with Crippen LogP contribution < -0.4 is 15.4 Å². The van der Waals surface area contributed by atoms with Crippen molar-refractivity contribution in [1.82, 2.24) is 19.7 Å². The molecule has 0 spiro atoms. The molecule has 2 aromatic heterocycles. The molecule has 3 heterocycles. The Morgan fingerprint density at radius 2 is 2.00 bits per heavy atom. The third-order valence-electron chi connectivity index (χ3n) is 4.69. The fraction of sp³-hybridized carbons (Fsp3) is 0.529. The quantitative estimate of drug-likeness (QED) is 0.820. The fourth-order valence-electron chi connectivity index (χ4n) is 3.06. The van der Waals surface area contributed by atoms with E-state index in [4.69, 9.17) is 0 Å². The highest BCUT2D eigenvalue weighted by Crippen LogP contribution is 2.38. The second-order valence-electron chi connectivity index (χ2n) is 6.95. The lowest BCUT2D eigenvalue weighted by molar-refractivity contribution is 0.331. The molecule has 0 bridgehead atoms. The van der Waals surface area contributed by atoms with Gasteiger partial charge in [0.1, 0.15) is 18.0 Å². The van der Waals surface area contributed by atoms with Gasteiger partial charge in [0.05, 0.1) is 12.2 Å². The first-order chi connectivity index (χ1) is 11.6. The Morgan fingerprint density at radius 1 is 1.21 bits per heavy atom. The zero-order valence-corrected chi connectivity index (χ0v) is 14.1. The first kappa shape index (κ1) is 15.1. The molecule has 0 unspecified atom stereocenters. The van der Waals surface area contributed by atoms with E-state index in [0.717, 1.165) is 30.4 Å². The number of hydrogen-bond donors (Lipinski definition) is 0. The Morgan fingerprint density at radius 3 is 2.71 bits per heavy atom. The second-order valence-corrected chi connectivity index (χ2v) is 6.95. The summed E-state index contributed by atoms with van der Waals surface area (Å²) in [6, 6.07) is 5.53. The number of hydrogen-bond acceptors (Lipinski definition) is 6. The van der Waals surface area contributed by atoms with Crippen LogP contribution in [0.1, 0.15) is 24.5 Å². The molecule has 126 valence electrons. The van der Waals surface area contributed by atoms with Gasteiger partial charge in [-0.3, -0.25) is 4.79 Å². The Bertz CT molecular complexity index is 792. The van der Waals surface area contributed by atoms with E-state index in [1.165, 1.54) is 12.8 Å². The van der Waals surface area contributed by atoms with Crippen LogP contribution in [0.5, 0.6) is 0 Å². The van der Waals surface area contributed by atoms with Crippen LogP contribution >= 0.6 is 0 Å². The van der Waals surface area contributed by atoms with Crippen molar-refractivity contribution in [2.45, 2.75) is 25.3 Å². The van der Waals surface area contributed by atoms with Crippen molar-refractivity contribution in [2.75, 3.05) is 37.0 Å². The highest BCUT2D eigenvalue weighted by molar-refractivity contribution is 5.50. The molecule has 24 heavy (non-hydrogen) atoms. The molecule has 1 aliphatic heterocycles. The molecule has 1 aliphatic carbocycles. The van der Waals surface area contributed by atoms with Gasteiger partial charge in [0.15, 0.2) is 0 Å². The smallest absolute Gasteiger partial charge is 0.266 e. The molecule has 1 saturated carbocycles. The summed E-state index contributed by atoms with van der Waals surface area (Å²) in [6.45, 7) is 2.47. The van der Waals surface area contributed by atoms with E-state index < -0.39 is 0 Å². The fourth-order valence-corrected chi connectivity index (χ4v) is 3.06. The molecule has 2 aliphatic rings. The lowest BCUT2D eigenvalue weighted by Crippen LogP contribution is -2.50. The van der Waals surface area contributed by atoms with E-state index in [2.05, 4.69) is 20.0 Å². The van der Waals surface area contributed by atoms with E-state index in [-0.39, 0.29) is 5.56 Å². The van der Waals surface area contributed by atoms with Crippen LogP contribution in [0.4, 0.5) is 11.6 Å². The van der Waals surface area contributed by atoms with Gasteiger partial charge in [-0.1, -0.05) is 0 Å². The Balaban J connectivity index is 1.40. The van der Waals surface area contributed by atoms with Crippen LogP contribution in [0.15, 0.2) is 29.3 Å². The molecule has 1 saturated heterocycles. The standard InChI is InChI=1S/C17H22N6O/c1-21(2)15-7-16(19-11-18-15)22-8-12(9-22)10-23-17(24)6-5-14(20-23)13-3-4-13/h5-7,11-13H,3-4,8-10H2,1-2H3. The maximum atomic E-state index is 12.0. The van der Waals surface area contributed by atoms with Gasteiger partial charge in [0.2, 0.25) is 0 Å². The summed E-state index contributed by atoms with van der Waals surface area (Å²) in [7, 11) is 3.94. The van der Waals surface area contributed by atoms with E-state index in [9.17, 15) is 4.79 Å². The monoisotopic (exact) mass is 326 g/mol. The molecule has 7 nitrogen and oxygen atoms in total. The Hall–Kier alpha value is -2.44. The molecule has 2 fully saturated rings. The van der Waals surface area contributed by atoms with Gasteiger partial charge in [-0.2, -0.15) is 5.10 Å². The van der Waals surface area contributed by atoms with Crippen LogP contribution in [0.2, 0.25) is 0 Å². The van der Waals surface area contributed by atoms with Gasteiger partial charge < -0.3 is 9.80 Å². The summed E-state index contributed by atoms with van der Waals surface area (Å²) in [4.78, 5) is 24.8. The topological polar surface area (TPSA) is 67.2 Å². The zero-order valence-electron chi connectivity index (χ0n) is 14.1. The highest BCUT2D eigenvalue weighted by atomic mass is 16.1. The van der Waals surface area contributed by atoms with Crippen molar-refractivity contribution in [3.63, 3.8) is 0 Å². The van der Waals surface area contributed by atoms with E-state index in [1.54, 1.807) is 17.1 Å². The molecule has 2 aromatic rings. The average Bonchev–Trinajstić information content (AvgIpc) is 3.37. The largest absolute Gasteiger partial charge is 0.363 e. The van der Waals surface area contributed by atoms with Crippen LogP contribution in [-0.2, 0) is 6.54 Å². The predicted octanol–water partition coefficient (Wildman–Crippen LogP) is 1.11. The van der Waals surface area contributed by atoms with E-state index >= 15 is 0 Å². The van der Waals surface area contributed by atoms with Crippen LogP contribution in [0.3, 0.4) is 0 Å². The number of anilines is 2. The first-order valence-electron chi connectivity index (χ1n) is 8.42. The molecule has 4 rings (SSSR count). The minimum Gasteiger partial charge on any atom is -0.363 e. The SMILES string of the molecule is CN(C)c1cc(N2CC(Cn3nc(C4CC4)ccc3=O)C2)ncn1. The van der Waals surface area contributed by atoms with Gasteiger partial charge >= 0.3 is 0 Å². The maximum Gasteiger partial charge on any atom is 0.266 e. The number of rotatable bonds is 5. The summed E-state index contributed by atoms with van der Waals surface area (Å²) in [5, 5.41) is 4.54. The molecular formula is C17H22N6O. The molecular weight excluding hydrogens is 304 g/mol. The van der Waals surface area contributed by atoms with Gasteiger partial charge in [-0.25, -0.2) is 14.6 Å². The third kappa shape index (κ3) is 2.98. The normalized spacial score (nSPS) is 17.7. The lowest BCUT2D eigenvalue weighted by Gasteiger charge is -2.40. The minimum absolute atomic E-state index is 0.00483. The first-order valence-corrected chi connectivity index (χ1v) is 8.42. The summed E-state index contributed by atoms with van der Waals surface area (Å²) >= 11 is 0. The van der Waals surface area contributed by atoms with Crippen molar-refractivity contribution >= 4 is 11.6 Å². The van der Waals surface area contributed by atoms with E-state index in [0.29, 0.717) is 18.4 Å². The number of nitrogens with zero attached hydrogens (tertiary/aromatic N) is 6. The number of aromatic nitrogens is 4. The second kappa shape index (κ2) is 5.89. The summed E-state index contributed by atoms with van der Waals surface area (Å²) in [5.74, 6) is 2.85. The molecule has 0 atom stereocenters. The van der Waals surface area contributed by atoms with Gasteiger partial charge in [-0.15, -0.1) is 0 Å². The van der Waals surface area contributed by atoms with Crippen LogP contribution in [0.25, 0.3) is 0 Å². The van der Waals surface area contributed by atoms with Crippen molar-refractivity contribution in [3.8, 4) is 0 Å². The molecule has 7 heteroatoms. The molecule has 0 N–H and O–H groups in total. The molecule has 0 aromatic carbocycles. The maximum absolute atomic E-state index is 12.0. The van der Waals surface area contributed by atoms with Crippen molar-refractivity contribution in [2.24, 2.45) is 5.92 Å². The van der Waals surface area contributed by atoms with E-state index in [1.807, 2.05) is 31.1 Å². The molecule has 0 amide bonds. The highest BCUT2D eigenvalue weighted by Gasteiger charge is 2.30. The third-order valence-corrected chi connectivity index (χ3v) is 4.69. The molecule has 0 radical (unpaired) electrons. The van der Waals surface area contributed by atoms with Gasteiger partial charge in [-0.05, 0) is 18.9 Å². The van der Waals surface area contributed by atoms with Crippen LogP contribution in [0, 0.1) is 5.92 Å². The van der Waals surface area contributed by atoms with Crippen molar-refractivity contribution in [3.05, 3.63) is 40.6 Å². The van der Waals surface area contributed by atoms with Crippen molar-refractivity contribution in [1.29, 1.82) is 0 Å². The van der Waals surface area contributed by atoms with Crippen molar-refractivity contribution < 1.29 is 0 Å². The summed E-state index contributed by atoms with van der Waals surface area (Å²) in [6.07, 6.45) is 4.00. The van der Waals surface area contributed by atoms with Gasteiger partial charge in [0.25, 0.3) is 5.56 Å². The Labute approximate surface area is 140 Å². The predicted molar refractivity (Wildman–Crippen MR) is 92.5 cm³/mol. The lowest BCUT2D eigenvalue weighted by atomic mass is 10.0. The van der Waals surface area contributed by atoms with Gasteiger partial charge in [0, 0.05) is 51.2 Å². The summed E-state index contributed by atoms with van der Waals surface area (Å²) in [5.41, 5.74) is 1.06. The Kier molecular flexibility index (Phi) is 3.70. The summed E-state index contributed by atoms with van der Waals surface area (Å²) < 4.78 is 1.64. The van der Waals surface area contributed by atoms with Crippen LogP contribution in [-0.4, -0.2) is 46.9 Å². The minimum atomic E-state index is -0.00483.